The molecule has 2 heterocycles. The molecule has 0 aliphatic carbocycles. The van der Waals surface area contributed by atoms with E-state index in [1.54, 1.807) is 66.8 Å². The van der Waals surface area contributed by atoms with Gasteiger partial charge in [0, 0.05) is 17.1 Å². The Balaban J connectivity index is 1.52. The van der Waals surface area contributed by atoms with Crippen molar-refractivity contribution in [1.82, 2.24) is 4.90 Å². The summed E-state index contributed by atoms with van der Waals surface area (Å²) in [6.07, 6.45) is 0.631. The Kier molecular flexibility index (Phi) is 9.09. The highest BCUT2D eigenvalue weighted by atomic mass is 32.1. The molecule has 0 radical (unpaired) electrons. The monoisotopic (exact) mass is 551 g/mol. The van der Waals surface area contributed by atoms with E-state index >= 15 is 0 Å². The van der Waals surface area contributed by atoms with Gasteiger partial charge >= 0.3 is 5.97 Å². The van der Waals surface area contributed by atoms with E-state index in [9.17, 15) is 14.4 Å². The van der Waals surface area contributed by atoms with Crippen LogP contribution in [0.15, 0.2) is 66.0 Å². The average Bonchev–Trinajstić information content (AvgIpc) is 3.51. The summed E-state index contributed by atoms with van der Waals surface area (Å²) in [6.45, 7) is 4.96. The number of carbonyl (C=O) groups excluding carboxylic acids is 3. The van der Waals surface area contributed by atoms with Crippen molar-refractivity contribution in [3.8, 4) is 5.75 Å². The first kappa shape index (κ1) is 27.3. The van der Waals surface area contributed by atoms with Crippen molar-refractivity contribution in [2.75, 3.05) is 30.0 Å². The van der Waals surface area contributed by atoms with Gasteiger partial charge in [0.05, 0.1) is 30.9 Å². The third-order valence-electron chi connectivity index (χ3n) is 5.96. The molecule has 4 rings (SSSR count). The number of anilines is 2. The summed E-state index contributed by atoms with van der Waals surface area (Å²) >= 11 is 7.37. The van der Waals surface area contributed by atoms with Gasteiger partial charge in [-0.2, -0.15) is 0 Å². The lowest BCUT2D eigenvalue weighted by Crippen LogP contribution is -2.39. The van der Waals surface area contributed by atoms with Gasteiger partial charge in [-0.15, -0.1) is 11.3 Å². The maximum absolute atomic E-state index is 13.6. The molecule has 8 nitrogen and oxygen atoms in total. The number of hydrogen-bond acceptors (Lipinski definition) is 7. The van der Waals surface area contributed by atoms with Gasteiger partial charge in [-0.05, 0) is 92.5 Å². The molecule has 1 aromatic heterocycles. The molecule has 2 aromatic carbocycles. The van der Waals surface area contributed by atoms with E-state index in [1.165, 1.54) is 4.90 Å². The third kappa shape index (κ3) is 6.38. The Morgan fingerprint density at radius 1 is 1.03 bits per heavy atom. The zero-order chi connectivity index (χ0) is 27.1. The van der Waals surface area contributed by atoms with Crippen LogP contribution in [-0.2, 0) is 20.7 Å². The van der Waals surface area contributed by atoms with Crippen LogP contribution in [0.4, 0.5) is 11.4 Å². The number of thiophene rings is 1. The van der Waals surface area contributed by atoms with E-state index in [2.05, 4.69) is 5.32 Å². The van der Waals surface area contributed by atoms with E-state index in [4.69, 9.17) is 21.7 Å². The summed E-state index contributed by atoms with van der Waals surface area (Å²) < 4.78 is 10.5. The van der Waals surface area contributed by atoms with Gasteiger partial charge in [-0.25, -0.2) is 4.79 Å². The van der Waals surface area contributed by atoms with Crippen molar-refractivity contribution in [3.63, 3.8) is 0 Å². The lowest BCUT2D eigenvalue weighted by atomic mass is 10.1. The molecule has 2 amide bonds. The zero-order valence-corrected chi connectivity index (χ0v) is 22.8. The standard InChI is InChI=1S/C28H29N3O5S2/c1-3-35-22-13-9-20(10-14-22)29-25(32)18-24-26(33)31(21-11-7-19(8-12-21)27(34)36-4-2)28(37)30(24)16-15-23-6-5-17-38-23/h5-14,17,24H,3-4,15-16,18H2,1-2H3,(H,29,32)/t24-/m0/s1. The predicted molar refractivity (Wildman–Crippen MR) is 152 cm³/mol. The fourth-order valence-corrected chi connectivity index (χ4v) is 5.27. The Labute approximate surface area is 231 Å². The minimum atomic E-state index is -0.755. The molecule has 0 bridgehead atoms. The van der Waals surface area contributed by atoms with Crippen LogP contribution in [0, 0.1) is 0 Å². The molecule has 3 aromatic rings. The maximum atomic E-state index is 13.6. The van der Waals surface area contributed by atoms with Crippen molar-refractivity contribution in [2.45, 2.75) is 32.7 Å². The number of carbonyl (C=O) groups is 3. The molecule has 0 unspecified atom stereocenters. The van der Waals surface area contributed by atoms with E-state index in [1.807, 2.05) is 29.3 Å². The van der Waals surface area contributed by atoms with Crippen LogP contribution in [0.3, 0.4) is 0 Å². The minimum Gasteiger partial charge on any atom is -0.494 e. The quantitative estimate of drug-likeness (QED) is 0.268. The van der Waals surface area contributed by atoms with Gasteiger partial charge < -0.3 is 19.7 Å². The van der Waals surface area contributed by atoms with Gasteiger partial charge in [0.25, 0.3) is 5.91 Å². The van der Waals surface area contributed by atoms with Crippen LogP contribution in [0.5, 0.6) is 5.75 Å². The van der Waals surface area contributed by atoms with Crippen LogP contribution in [0.1, 0.15) is 35.5 Å². The van der Waals surface area contributed by atoms with Crippen LogP contribution in [0.25, 0.3) is 0 Å². The van der Waals surface area contributed by atoms with Crippen LogP contribution in [-0.4, -0.2) is 53.6 Å². The van der Waals surface area contributed by atoms with E-state index in [-0.39, 0.29) is 24.8 Å². The van der Waals surface area contributed by atoms with Gasteiger partial charge in [-0.3, -0.25) is 14.5 Å². The predicted octanol–water partition coefficient (Wildman–Crippen LogP) is 4.90. The number of benzene rings is 2. The molecule has 38 heavy (non-hydrogen) atoms. The minimum absolute atomic E-state index is 0.0615. The Hall–Kier alpha value is -3.76. The molecule has 1 saturated heterocycles. The van der Waals surface area contributed by atoms with Gasteiger partial charge in [0.1, 0.15) is 11.8 Å². The first-order valence-electron chi connectivity index (χ1n) is 12.4. The fourth-order valence-electron chi connectivity index (χ4n) is 4.16. The molecular formula is C28H29N3O5S2. The first-order chi connectivity index (χ1) is 18.4. The van der Waals surface area contributed by atoms with Crippen LogP contribution in [0.2, 0.25) is 0 Å². The number of thiocarbonyl (C=S) groups is 1. The molecule has 1 atom stereocenters. The number of nitrogens with one attached hydrogen (secondary N) is 1. The zero-order valence-electron chi connectivity index (χ0n) is 21.2. The summed E-state index contributed by atoms with van der Waals surface area (Å²) in [4.78, 5) is 43.1. The molecule has 1 fully saturated rings. The molecule has 1 aliphatic rings. The summed E-state index contributed by atoms with van der Waals surface area (Å²) in [7, 11) is 0. The number of ether oxygens (including phenoxy) is 2. The van der Waals surface area contributed by atoms with Crippen LogP contribution < -0.4 is 15.0 Å². The average molecular weight is 552 g/mol. The largest absolute Gasteiger partial charge is 0.494 e. The van der Waals surface area contributed by atoms with Crippen molar-refractivity contribution in [1.29, 1.82) is 0 Å². The number of nitrogens with zero attached hydrogens (tertiary/aromatic N) is 2. The molecule has 198 valence electrons. The van der Waals surface area contributed by atoms with Gasteiger partial charge in [0.2, 0.25) is 5.91 Å². The topological polar surface area (TPSA) is 88.2 Å². The number of esters is 1. The lowest BCUT2D eigenvalue weighted by molar-refractivity contribution is -0.124. The van der Waals surface area contributed by atoms with E-state index < -0.39 is 12.0 Å². The molecule has 1 aliphatic heterocycles. The second kappa shape index (κ2) is 12.7. The molecule has 10 heteroatoms. The fraction of sp³-hybridized carbons (Fsp3) is 0.286. The summed E-state index contributed by atoms with van der Waals surface area (Å²) in [5.74, 6) is -0.301. The number of hydrogen-bond donors (Lipinski definition) is 1. The molecular weight excluding hydrogens is 522 g/mol. The smallest absolute Gasteiger partial charge is 0.338 e. The molecule has 0 spiro atoms. The summed E-state index contributed by atoms with van der Waals surface area (Å²) in [5, 5.41) is 5.20. The van der Waals surface area contributed by atoms with Crippen molar-refractivity contribution in [3.05, 3.63) is 76.5 Å². The maximum Gasteiger partial charge on any atom is 0.338 e. The Morgan fingerprint density at radius 3 is 2.39 bits per heavy atom. The lowest BCUT2D eigenvalue weighted by Gasteiger charge is -2.23. The summed E-state index contributed by atoms with van der Waals surface area (Å²) in [6, 6.07) is 16.9. The van der Waals surface area contributed by atoms with Gasteiger partial charge in [0.15, 0.2) is 5.11 Å². The normalized spacial score (nSPS) is 15.1. The number of rotatable bonds is 11. The first-order valence-corrected chi connectivity index (χ1v) is 13.7. The SMILES string of the molecule is CCOC(=O)c1ccc(N2C(=O)[C@H](CC(=O)Nc3ccc(OCC)cc3)N(CCc3cccs3)C2=S)cc1. The highest BCUT2D eigenvalue weighted by Crippen LogP contribution is 2.29. The van der Waals surface area contributed by atoms with Crippen LogP contribution >= 0.6 is 23.6 Å². The van der Waals surface area contributed by atoms with E-state index in [0.29, 0.717) is 47.4 Å². The molecule has 0 saturated carbocycles. The second-order valence-corrected chi connectivity index (χ2v) is 9.87. The highest BCUT2D eigenvalue weighted by Gasteiger charge is 2.44. The third-order valence-corrected chi connectivity index (χ3v) is 7.32. The van der Waals surface area contributed by atoms with Crippen molar-refractivity contribution >= 4 is 57.8 Å². The number of amides is 2. The Morgan fingerprint density at radius 2 is 1.76 bits per heavy atom. The van der Waals surface area contributed by atoms with E-state index in [0.717, 1.165) is 4.88 Å². The Bertz CT molecular complexity index is 1280. The summed E-state index contributed by atoms with van der Waals surface area (Å²) in [5.41, 5.74) is 1.53. The van der Waals surface area contributed by atoms with Crippen molar-refractivity contribution < 1.29 is 23.9 Å². The van der Waals surface area contributed by atoms with Crippen molar-refractivity contribution in [2.24, 2.45) is 0 Å². The molecule has 1 N–H and O–H groups in total. The van der Waals surface area contributed by atoms with Gasteiger partial charge in [-0.1, -0.05) is 6.07 Å². The highest BCUT2D eigenvalue weighted by molar-refractivity contribution is 7.80. The second-order valence-electron chi connectivity index (χ2n) is 8.47.